The average Bonchev–Trinajstić information content (AvgIpc) is 2.36. The third-order valence-electron chi connectivity index (χ3n) is 1.74. The molecule has 1 heterocycles. The van der Waals surface area contributed by atoms with Gasteiger partial charge in [0.1, 0.15) is 12.1 Å². The Morgan fingerprint density at radius 3 is 3.00 bits per heavy atom. The van der Waals surface area contributed by atoms with Gasteiger partial charge in [0.15, 0.2) is 0 Å². The molecule has 0 saturated carbocycles. The molecule has 1 rings (SSSR count). The van der Waals surface area contributed by atoms with Crippen molar-refractivity contribution in [1.82, 2.24) is 4.90 Å². The standard InChI is InChI=1S/C8H14N2O.Na.H/c1-3-4-8-9-5-6-10(8)7(2)11;;/h3,7,11H,1,4-6H2,2H3;;. The van der Waals surface area contributed by atoms with Crippen LogP contribution in [0.15, 0.2) is 17.6 Å². The van der Waals surface area contributed by atoms with E-state index in [0.29, 0.717) is 0 Å². The SMILES string of the molecule is C=CCC1=NCCN1C(C)O.[NaH]. The number of hydrogen-bond acceptors (Lipinski definition) is 3. The van der Waals surface area contributed by atoms with E-state index in [1.807, 2.05) is 4.90 Å². The van der Waals surface area contributed by atoms with Crippen molar-refractivity contribution in [3.05, 3.63) is 12.7 Å². The summed E-state index contributed by atoms with van der Waals surface area (Å²) >= 11 is 0. The summed E-state index contributed by atoms with van der Waals surface area (Å²) in [6.07, 6.45) is 2.14. The Balaban J connectivity index is 0.00000121. The summed E-state index contributed by atoms with van der Waals surface area (Å²) < 4.78 is 0. The van der Waals surface area contributed by atoms with Gasteiger partial charge >= 0.3 is 29.6 Å². The van der Waals surface area contributed by atoms with Crippen molar-refractivity contribution in [2.75, 3.05) is 13.1 Å². The predicted molar refractivity (Wildman–Crippen MR) is 52.7 cm³/mol. The van der Waals surface area contributed by atoms with E-state index in [1.165, 1.54) is 0 Å². The van der Waals surface area contributed by atoms with Crippen molar-refractivity contribution < 1.29 is 5.11 Å². The summed E-state index contributed by atoms with van der Waals surface area (Å²) in [6, 6.07) is 0. The summed E-state index contributed by atoms with van der Waals surface area (Å²) in [6.45, 7) is 7.02. The molecule has 1 atom stereocenters. The molecule has 0 saturated heterocycles. The number of aliphatic imine (C=N–C) groups is 1. The van der Waals surface area contributed by atoms with Crippen molar-refractivity contribution in [1.29, 1.82) is 0 Å². The molecule has 3 nitrogen and oxygen atoms in total. The molecule has 0 radical (unpaired) electrons. The number of amidine groups is 1. The molecular weight excluding hydrogens is 163 g/mol. The minimum absolute atomic E-state index is 0. The molecule has 0 fully saturated rings. The average molecular weight is 178 g/mol. The first-order chi connectivity index (χ1) is 5.25. The first-order valence-electron chi connectivity index (χ1n) is 3.84. The van der Waals surface area contributed by atoms with Crippen molar-refractivity contribution in [3.63, 3.8) is 0 Å². The number of nitrogens with zero attached hydrogens (tertiary/aromatic N) is 2. The van der Waals surface area contributed by atoms with E-state index in [4.69, 9.17) is 0 Å². The van der Waals surface area contributed by atoms with E-state index < -0.39 is 6.23 Å². The van der Waals surface area contributed by atoms with Gasteiger partial charge in [-0.1, -0.05) is 6.08 Å². The summed E-state index contributed by atoms with van der Waals surface area (Å²) in [5.74, 6) is 0.954. The topological polar surface area (TPSA) is 35.8 Å². The second kappa shape index (κ2) is 5.75. The van der Waals surface area contributed by atoms with Crippen LogP contribution < -0.4 is 0 Å². The Morgan fingerprint density at radius 2 is 2.50 bits per heavy atom. The fourth-order valence-corrected chi connectivity index (χ4v) is 1.22. The van der Waals surface area contributed by atoms with Gasteiger partial charge in [-0.25, -0.2) is 0 Å². The Hall–Kier alpha value is 0.170. The predicted octanol–water partition coefficient (Wildman–Crippen LogP) is -0.0336. The van der Waals surface area contributed by atoms with Crippen molar-refractivity contribution >= 4 is 35.4 Å². The second-order valence-electron chi connectivity index (χ2n) is 2.62. The fraction of sp³-hybridized carbons (Fsp3) is 0.625. The number of hydrogen-bond donors (Lipinski definition) is 1. The van der Waals surface area contributed by atoms with Crippen LogP contribution in [-0.2, 0) is 0 Å². The van der Waals surface area contributed by atoms with E-state index in [1.54, 1.807) is 13.0 Å². The van der Waals surface area contributed by atoms with Gasteiger partial charge in [0.2, 0.25) is 0 Å². The minimum atomic E-state index is -0.420. The quantitative estimate of drug-likeness (QED) is 0.486. The number of aliphatic hydroxyl groups excluding tert-OH is 1. The fourth-order valence-electron chi connectivity index (χ4n) is 1.22. The van der Waals surface area contributed by atoms with Gasteiger partial charge < -0.3 is 10.0 Å². The zero-order valence-corrected chi connectivity index (χ0v) is 6.82. The van der Waals surface area contributed by atoms with E-state index in [9.17, 15) is 5.11 Å². The first-order valence-corrected chi connectivity index (χ1v) is 3.84. The van der Waals surface area contributed by atoms with Crippen LogP contribution in [-0.4, -0.2) is 64.7 Å². The van der Waals surface area contributed by atoms with Crippen LogP contribution in [0.4, 0.5) is 0 Å². The van der Waals surface area contributed by atoms with Crippen LogP contribution in [0.5, 0.6) is 0 Å². The molecule has 4 heteroatoms. The zero-order chi connectivity index (χ0) is 8.27. The third-order valence-corrected chi connectivity index (χ3v) is 1.74. The number of aliphatic hydroxyl groups is 1. The molecule has 0 aromatic rings. The summed E-state index contributed by atoms with van der Waals surface area (Å²) in [4.78, 5) is 6.13. The maximum atomic E-state index is 9.26. The molecular formula is C8H15N2NaO. The van der Waals surface area contributed by atoms with Gasteiger partial charge in [0.25, 0.3) is 0 Å². The monoisotopic (exact) mass is 178 g/mol. The molecule has 64 valence electrons. The molecule has 12 heavy (non-hydrogen) atoms. The molecule has 0 aliphatic carbocycles. The zero-order valence-electron chi connectivity index (χ0n) is 6.82. The summed E-state index contributed by atoms with van der Waals surface area (Å²) in [5.41, 5.74) is 0. The van der Waals surface area contributed by atoms with Gasteiger partial charge in [-0.15, -0.1) is 6.58 Å². The number of rotatable bonds is 3. The van der Waals surface area contributed by atoms with Gasteiger partial charge in [-0.05, 0) is 6.92 Å². The van der Waals surface area contributed by atoms with Crippen LogP contribution >= 0.6 is 0 Å². The van der Waals surface area contributed by atoms with E-state index >= 15 is 0 Å². The maximum absolute atomic E-state index is 9.26. The van der Waals surface area contributed by atoms with Crippen LogP contribution in [0.25, 0.3) is 0 Å². The van der Waals surface area contributed by atoms with Crippen LogP contribution in [0.1, 0.15) is 13.3 Å². The summed E-state index contributed by atoms with van der Waals surface area (Å²) in [7, 11) is 0. The molecule has 1 unspecified atom stereocenters. The third kappa shape index (κ3) is 2.90. The molecule has 0 amide bonds. The van der Waals surface area contributed by atoms with Gasteiger partial charge in [-0.3, -0.25) is 4.99 Å². The van der Waals surface area contributed by atoms with Gasteiger partial charge in [-0.2, -0.15) is 0 Å². The van der Waals surface area contributed by atoms with Crippen LogP contribution in [0.2, 0.25) is 0 Å². The molecule has 1 aliphatic rings. The van der Waals surface area contributed by atoms with E-state index in [-0.39, 0.29) is 29.6 Å². The Labute approximate surface area is 95.5 Å². The molecule has 1 N–H and O–H groups in total. The Bertz CT molecular complexity index is 180. The van der Waals surface area contributed by atoms with E-state index in [2.05, 4.69) is 11.6 Å². The van der Waals surface area contributed by atoms with Crippen molar-refractivity contribution in [2.24, 2.45) is 4.99 Å². The molecule has 0 spiro atoms. The Kier molecular flexibility index (Phi) is 5.84. The van der Waals surface area contributed by atoms with Gasteiger partial charge in [0.05, 0.1) is 6.54 Å². The Morgan fingerprint density at radius 1 is 1.83 bits per heavy atom. The van der Waals surface area contributed by atoms with Crippen LogP contribution in [0, 0.1) is 0 Å². The normalized spacial score (nSPS) is 18.2. The molecule has 0 aromatic heterocycles. The van der Waals surface area contributed by atoms with Crippen LogP contribution in [0.3, 0.4) is 0 Å². The van der Waals surface area contributed by atoms with Crippen molar-refractivity contribution in [3.8, 4) is 0 Å². The van der Waals surface area contributed by atoms with Gasteiger partial charge in [0, 0.05) is 13.0 Å². The van der Waals surface area contributed by atoms with E-state index in [0.717, 1.165) is 25.3 Å². The first kappa shape index (κ1) is 12.2. The molecule has 0 bridgehead atoms. The molecule has 1 aliphatic heterocycles. The van der Waals surface area contributed by atoms with Crippen molar-refractivity contribution in [2.45, 2.75) is 19.6 Å². The molecule has 0 aromatic carbocycles. The second-order valence-corrected chi connectivity index (χ2v) is 2.62. The summed E-state index contributed by atoms with van der Waals surface area (Å²) in [5, 5.41) is 9.26.